The molecule has 0 bridgehead atoms. The number of thioether (sulfide) groups is 1. The van der Waals surface area contributed by atoms with Crippen LogP contribution in [0.3, 0.4) is 0 Å². The quantitative estimate of drug-likeness (QED) is 0.0663. The van der Waals surface area contributed by atoms with Gasteiger partial charge in [0, 0.05) is 11.3 Å². The zero-order chi connectivity index (χ0) is 29.8. The van der Waals surface area contributed by atoms with E-state index < -0.39 is 17.7 Å². The second-order valence-electron chi connectivity index (χ2n) is 10.8. The van der Waals surface area contributed by atoms with Gasteiger partial charge in [0.2, 0.25) is 5.13 Å². The number of Topliss-reactive ketones (excluding diaryl/α,β-unsaturated/α-hetero) is 1. The van der Waals surface area contributed by atoms with Crippen LogP contribution in [0.1, 0.15) is 54.1 Å². The van der Waals surface area contributed by atoms with E-state index in [0.29, 0.717) is 44.6 Å². The van der Waals surface area contributed by atoms with Crippen molar-refractivity contribution >= 4 is 45.7 Å². The number of carbonyl (C=O) groups excluding carboxylic acids is 2. The van der Waals surface area contributed by atoms with E-state index in [4.69, 9.17) is 4.74 Å². The summed E-state index contributed by atoms with van der Waals surface area (Å²) in [5, 5.41) is 20.3. The van der Waals surface area contributed by atoms with Gasteiger partial charge in [-0.25, -0.2) is 0 Å². The van der Waals surface area contributed by atoms with E-state index in [1.165, 1.54) is 33.6 Å². The largest absolute Gasteiger partial charge is 0.507 e. The number of aromatic nitrogens is 2. The molecule has 216 valence electrons. The Morgan fingerprint density at radius 2 is 1.69 bits per heavy atom. The van der Waals surface area contributed by atoms with Crippen molar-refractivity contribution in [2.24, 2.45) is 5.92 Å². The Balaban J connectivity index is 1.52. The van der Waals surface area contributed by atoms with Crippen molar-refractivity contribution in [3.05, 3.63) is 106 Å². The number of aliphatic hydroxyl groups is 1. The van der Waals surface area contributed by atoms with E-state index in [2.05, 4.69) is 48.3 Å². The van der Waals surface area contributed by atoms with Crippen LogP contribution in [0.15, 0.2) is 82.7 Å². The average molecular weight is 600 g/mol. The fourth-order valence-electron chi connectivity index (χ4n) is 4.59. The van der Waals surface area contributed by atoms with E-state index in [-0.39, 0.29) is 11.3 Å². The minimum Gasteiger partial charge on any atom is -0.507 e. The summed E-state index contributed by atoms with van der Waals surface area (Å²) in [6.45, 7) is 8.80. The second kappa shape index (κ2) is 12.9. The smallest absolute Gasteiger partial charge is 0.301 e. The molecule has 0 spiro atoms. The number of aryl methyl sites for hydroxylation is 2. The number of hydrogen-bond donors (Lipinski definition) is 1. The van der Waals surface area contributed by atoms with Crippen LogP contribution in [0.2, 0.25) is 0 Å². The number of amides is 1. The number of anilines is 1. The molecule has 9 heteroatoms. The predicted octanol–water partition coefficient (Wildman–Crippen LogP) is 7.50. The molecule has 1 aromatic heterocycles. The Hall–Kier alpha value is -3.95. The first kappa shape index (κ1) is 29.5. The zero-order valence-electron chi connectivity index (χ0n) is 24.0. The number of ketones is 1. The highest BCUT2D eigenvalue weighted by atomic mass is 32.2. The van der Waals surface area contributed by atoms with Gasteiger partial charge in [0.05, 0.1) is 18.2 Å². The lowest BCUT2D eigenvalue weighted by Gasteiger charge is -2.23. The fraction of sp³-hybridized carbons (Fsp3) is 0.273. The highest BCUT2D eigenvalue weighted by molar-refractivity contribution is 8.00. The summed E-state index contributed by atoms with van der Waals surface area (Å²) in [6, 6.07) is 21.9. The van der Waals surface area contributed by atoms with Gasteiger partial charge in [-0.2, -0.15) is 0 Å². The van der Waals surface area contributed by atoms with Gasteiger partial charge in [0.15, 0.2) is 4.34 Å². The topological polar surface area (TPSA) is 92.6 Å². The summed E-state index contributed by atoms with van der Waals surface area (Å²) in [4.78, 5) is 28.5. The summed E-state index contributed by atoms with van der Waals surface area (Å²) in [5.41, 5.74) is 4.45. The van der Waals surface area contributed by atoms with Gasteiger partial charge in [0.25, 0.3) is 5.78 Å². The molecule has 1 aliphatic rings. The maximum Gasteiger partial charge on any atom is 0.301 e. The molecule has 1 atom stereocenters. The summed E-state index contributed by atoms with van der Waals surface area (Å²) in [5.74, 6) is 0.0519. The van der Waals surface area contributed by atoms with Crippen LogP contribution >= 0.6 is 23.1 Å². The fourth-order valence-corrected chi connectivity index (χ4v) is 6.41. The number of hydrogen-bond acceptors (Lipinski definition) is 8. The monoisotopic (exact) mass is 599 g/mol. The first-order valence-electron chi connectivity index (χ1n) is 13.8. The highest BCUT2D eigenvalue weighted by Gasteiger charge is 2.48. The summed E-state index contributed by atoms with van der Waals surface area (Å²) in [6.07, 6.45) is 0.893. The number of benzene rings is 3. The summed E-state index contributed by atoms with van der Waals surface area (Å²) in [7, 11) is 0. The lowest BCUT2D eigenvalue weighted by molar-refractivity contribution is -0.132. The van der Waals surface area contributed by atoms with Crippen LogP contribution in [0.4, 0.5) is 5.13 Å². The molecule has 1 aliphatic heterocycles. The Morgan fingerprint density at radius 1 is 1.00 bits per heavy atom. The van der Waals surface area contributed by atoms with Crippen LogP contribution < -0.4 is 9.64 Å². The van der Waals surface area contributed by atoms with Gasteiger partial charge in [-0.1, -0.05) is 109 Å². The van der Waals surface area contributed by atoms with Crippen molar-refractivity contribution < 1.29 is 19.4 Å². The third kappa shape index (κ3) is 6.58. The number of rotatable bonds is 10. The first-order chi connectivity index (χ1) is 20.2. The van der Waals surface area contributed by atoms with E-state index in [1.54, 1.807) is 12.1 Å². The first-order valence-corrected chi connectivity index (χ1v) is 15.6. The molecule has 1 N–H and O–H groups in total. The molecule has 2 heterocycles. The summed E-state index contributed by atoms with van der Waals surface area (Å²) >= 11 is 2.77. The lowest BCUT2D eigenvalue weighted by Crippen LogP contribution is -2.29. The minimum atomic E-state index is -0.900. The maximum absolute atomic E-state index is 13.6. The number of aliphatic hydroxyl groups excluding tert-OH is 1. The maximum atomic E-state index is 13.6. The van der Waals surface area contributed by atoms with Crippen molar-refractivity contribution in [1.82, 2.24) is 10.2 Å². The Morgan fingerprint density at radius 3 is 2.38 bits per heavy atom. The predicted molar refractivity (Wildman–Crippen MR) is 168 cm³/mol. The van der Waals surface area contributed by atoms with Crippen molar-refractivity contribution in [3.63, 3.8) is 0 Å². The molecular weight excluding hydrogens is 567 g/mol. The second-order valence-corrected chi connectivity index (χ2v) is 12.9. The van der Waals surface area contributed by atoms with E-state index in [1.807, 2.05) is 50.2 Å². The van der Waals surface area contributed by atoms with Crippen LogP contribution in [0.5, 0.6) is 5.75 Å². The third-order valence-corrected chi connectivity index (χ3v) is 9.12. The molecule has 4 aromatic rings. The lowest BCUT2D eigenvalue weighted by atomic mass is 9.95. The average Bonchev–Trinajstić information content (AvgIpc) is 3.54. The number of ether oxygens (including phenoxy) is 1. The Kier molecular flexibility index (Phi) is 9.09. The molecule has 0 saturated carbocycles. The van der Waals surface area contributed by atoms with E-state index in [9.17, 15) is 14.7 Å². The molecular formula is C33H33N3O4S2. The van der Waals surface area contributed by atoms with Crippen LogP contribution in [0.25, 0.3) is 5.76 Å². The molecule has 0 aliphatic carbocycles. The van der Waals surface area contributed by atoms with Crippen molar-refractivity contribution in [2.45, 2.75) is 50.3 Å². The van der Waals surface area contributed by atoms with Crippen molar-refractivity contribution in [3.8, 4) is 5.75 Å². The normalized spacial score (nSPS) is 16.4. The van der Waals surface area contributed by atoms with Gasteiger partial charge in [-0.05, 0) is 49.4 Å². The number of nitrogens with zero attached hydrogens (tertiary/aromatic N) is 3. The van der Waals surface area contributed by atoms with Gasteiger partial charge in [0.1, 0.15) is 11.5 Å². The van der Waals surface area contributed by atoms with E-state index >= 15 is 0 Å². The van der Waals surface area contributed by atoms with Gasteiger partial charge < -0.3 is 9.84 Å². The van der Waals surface area contributed by atoms with Gasteiger partial charge >= 0.3 is 5.91 Å². The molecule has 0 radical (unpaired) electrons. The van der Waals surface area contributed by atoms with Crippen LogP contribution in [-0.2, 0) is 15.3 Å². The van der Waals surface area contributed by atoms with E-state index in [0.717, 1.165) is 17.5 Å². The Bertz CT molecular complexity index is 1610. The van der Waals surface area contributed by atoms with Crippen LogP contribution in [-0.4, -0.2) is 33.6 Å². The molecule has 42 heavy (non-hydrogen) atoms. The molecule has 1 amide bonds. The molecule has 7 nitrogen and oxygen atoms in total. The molecule has 1 fully saturated rings. The van der Waals surface area contributed by atoms with Gasteiger partial charge in [-0.15, -0.1) is 10.2 Å². The summed E-state index contributed by atoms with van der Waals surface area (Å²) < 4.78 is 6.67. The zero-order valence-corrected chi connectivity index (χ0v) is 25.7. The molecule has 1 unspecified atom stereocenters. The number of carbonyl (C=O) groups is 2. The SMILES string of the molecule is Cc1ccc(CSc2nnc(N3C(=O)C(=O)C(=C(O)c4ccc(C)cc4)C3c3cccc(OCCC(C)C)c3)s2)cc1. The Labute approximate surface area is 254 Å². The third-order valence-electron chi connectivity index (χ3n) is 6.99. The molecule has 5 rings (SSSR count). The van der Waals surface area contributed by atoms with Gasteiger partial charge in [-0.3, -0.25) is 14.5 Å². The minimum absolute atomic E-state index is 0.00671. The van der Waals surface area contributed by atoms with Crippen LogP contribution in [0, 0.1) is 19.8 Å². The molecule has 3 aromatic carbocycles. The van der Waals surface area contributed by atoms with Crippen molar-refractivity contribution in [1.29, 1.82) is 0 Å². The molecule has 1 saturated heterocycles. The standard InChI is InChI=1S/C33H33N3O4S2/c1-20(2)16-17-40-26-7-5-6-25(18-26)28-27(29(37)24-14-10-22(4)11-15-24)30(38)31(39)36(28)32-34-35-33(42-32)41-19-23-12-8-21(3)9-13-23/h5-15,18,20,28,37H,16-17,19H2,1-4H3. The highest BCUT2D eigenvalue weighted by Crippen LogP contribution is 2.44. The van der Waals surface area contributed by atoms with Crippen molar-refractivity contribution in [2.75, 3.05) is 11.5 Å².